The molecule has 12 heavy (non-hydrogen) atoms. The Hall–Kier alpha value is -0.610. The van der Waals surface area contributed by atoms with Crippen LogP contribution in [0.4, 0.5) is 0 Å². The second-order valence-electron chi connectivity index (χ2n) is 3.12. The summed E-state index contributed by atoms with van der Waals surface area (Å²) in [7, 11) is 0. The van der Waals surface area contributed by atoms with Crippen LogP contribution in [0.3, 0.4) is 0 Å². The van der Waals surface area contributed by atoms with E-state index in [1.165, 1.54) is 0 Å². The first-order chi connectivity index (χ1) is 5.78. The van der Waals surface area contributed by atoms with E-state index in [1.54, 1.807) is 6.92 Å². The molecular formula is C8H12O4. The van der Waals surface area contributed by atoms with Crippen molar-refractivity contribution in [1.29, 1.82) is 0 Å². The van der Waals surface area contributed by atoms with Gasteiger partial charge in [-0.1, -0.05) is 0 Å². The van der Waals surface area contributed by atoms with E-state index in [9.17, 15) is 4.79 Å². The lowest BCUT2D eigenvalue weighted by molar-refractivity contribution is -0.144. The Kier molecular flexibility index (Phi) is 1.81. The first kappa shape index (κ1) is 8.01. The Morgan fingerprint density at radius 3 is 3.17 bits per heavy atom. The summed E-state index contributed by atoms with van der Waals surface area (Å²) in [6.07, 6.45) is 0.455. The summed E-state index contributed by atoms with van der Waals surface area (Å²) >= 11 is 0. The third-order valence-electron chi connectivity index (χ3n) is 2.29. The molecule has 2 heterocycles. The van der Waals surface area contributed by atoms with E-state index in [2.05, 4.69) is 0 Å². The molecule has 2 saturated heterocycles. The summed E-state index contributed by atoms with van der Waals surface area (Å²) in [6.45, 7) is 3.43. The molecule has 0 N–H and O–H groups in total. The molecule has 0 aromatic carbocycles. The van der Waals surface area contributed by atoms with E-state index < -0.39 is 0 Å². The number of rotatable bonds is 2. The lowest BCUT2D eigenvalue weighted by Gasteiger charge is -1.99. The summed E-state index contributed by atoms with van der Waals surface area (Å²) in [4.78, 5) is 11.2. The maximum absolute atomic E-state index is 11.2. The van der Waals surface area contributed by atoms with Crippen molar-refractivity contribution in [2.75, 3.05) is 19.8 Å². The fourth-order valence-corrected chi connectivity index (χ4v) is 1.54. The van der Waals surface area contributed by atoms with Crippen LogP contribution in [0, 0.1) is 0 Å². The highest BCUT2D eigenvalue weighted by Crippen LogP contribution is 2.43. The summed E-state index contributed by atoms with van der Waals surface area (Å²) in [5.74, 6) is -0.247. The van der Waals surface area contributed by atoms with Gasteiger partial charge in [0.25, 0.3) is 0 Å². The van der Waals surface area contributed by atoms with Gasteiger partial charge in [-0.15, -0.1) is 0 Å². The zero-order valence-electron chi connectivity index (χ0n) is 7.04. The highest BCUT2D eigenvalue weighted by molar-refractivity contribution is 5.79. The molecule has 0 radical (unpaired) electrons. The van der Waals surface area contributed by atoms with Crippen LogP contribution < -0.4 is 0 Å². The number of carbonyl (C=O) groups is 1. The predicted molar refractivity (Wildman–Crippen MR) is 39.7 cm³/mol. The Bertz CT molecular complexity index is 195. The Labute approximate surface area is 70.8 Å². The minimum absolute atomic E-state index is 0.247. The van der Waals surface area contributed by atoms with E-state index in [1.807, 2.05) is 0 Å². The number of esters is 1. The first-order valence-electron chi connectivity index (χ1n) is 4.21. The standard InChI is InChI=1S/C8H12O4/c1-2-11-7(9)6-8(12-6)3-4-10-5-8/h6H,2-5H2,1H3. The molecule has 2 rings (SSSR count). The highest BCUT2D eigenvalue weighted by atomic mass is 16.7. The fourth-order valence-electron chi connectivity index (χ4n) is 1.54. The van der Waals surface area contributed by atoms with Crippen molar-refractivity contribution in [2.24, 2.45) is 0 Å². The molecule has 4 nitrogen and oxygen atoms in total. The van der Waals surface area contributed by atoms with Gasteiger partial charge in [-0.05, 0) is 6.92 Å². The van der Waals surface area contributed by atoms with Gasteiger partial charge >= 0.3 is 5.97 Å². The third kappa shape index (κ3) is 1.11. The molecule has 2 aliphatic rings. The average molecular weight is 172 g/mol. The SMILES string of the molecule is CCOC(=O)C1OC12CCOC2. The molecule has 1 spiro atoms. The minimum atomic E-state index is -0.361. The minimum Gasteiger partial charge on any atom is -0.464 e. The lowest BCUT2D eigenvalue weighted by atomic mass is 10.1. The van der Waals surface area contributed by atoms with Gasteiger partial charge in [0.1, 0.15) is 5.60 Å². The first-order valence-corrected chi connectivity index (χ1v) is 4.21. The molecule has 2 atom stereocenters. The molecule has 0 aliphatic carbocycles. The fraction of sp³-hybridized carbons (Fsp3) is 0.875. The molecule has 0 bridgehead atoms. The largest absolute Gasteiger partial charge is 0.464 e. The number of ether oxygens (including phenoxy) is 3. The third-order valence-corrected chi connectivity index (χ3v) is 2.29. The molecule has 0 aromatic heterocycles. The Morgan fingerprint density at radius 2 is 2.58 bits per heavy atom. The summed E-state index contributed by atoms with van der Waals surface area (Å²) in [5.41, 5.74) is -0.313. The number of carbonyl (C=O) groups excluding carboxylic acids is 1. The van der Waals surface area contributed by atoms with Gasteiger partial charge in [0, 0.05) is 13.0 Å². The van der Waals surface area contributed by atoms with Crippen LogP contribution in [0.2, 0.25) is 0 Å². The van der Waals surface area contributed by atoms with Crippen LogP contribution in [-0.4, -0.2) is 37.5 Å². The van der Waals surface area contributed by atoms with Crippen LogP contribution in [0.15, 0.2) is 0 Å². The van der Waals surface area contributed by atoms with Crippen molar-refractivity contribution in [3.8, 4) is 0 Å². The quantitative estimate of drug-likeness (QED) is 0.438. The van der Waals surface area contributed by atoms with Crippen molar-refractivity contribution < 1.29 is 19.0 Å². The van der Waals surface area contributed by atoms with Crippen LogP contribution in [0.1, 0.15) is 13.3 Å². The average Bonchev–Trinajstić information content (AvgIpc) is 2.51. The molecule has 0 amide bonds. The van der Waals surface area contributed by atoms with Crippen molar-refractivity contribution in [1.82, 2.24) is 0 Å². The monoisotopic (exact) mass is 172 g/mol. The predicted octanol–water partition coefficient (Wildman–Crippen LogP) is 0.107. The van der Waals surface area contributed by atoms with E-state index in [4.69, 9.17) is 14.2 Å². The smallest absolute Gasteiger partial charge is 0.338 e. The van der Waals surface area contributed by atoms with Crippen LogP contribution >= 0.6 is 0 Å². The second-order valence-corrected chi connectivity index (χ2v) is 3.12. The summed E-state index contributed by atoms with van der Waals surface area (Å²) in [6, 6.07) is 0. The van der Waals surface area contributed by atoms with Gasteiger partial charge in [0.2, 0.25) is 0 Å². The van der Waals surface area contributed by atoms with E-state index in [-0.39, 0.29) is 17.7 Å². The van der Waals surface area contributed by atoms with E-state index in [0.717, 1.165) is 6.42 Å². The molecule has 0 aromatic rings. The zero-order valence-corrected chi connectivity index (χ0v) is 7.04. The summed E-state index contributed by atoms with van der Waals surface area (Å²) in [5, 5.41) is 0. The van der Waals surface area contributed by atoms with Crippen LogP contribution in [-0.2, 0) is 19.0 Å². The van der Waals surface area contributed by atoms with Crippen molar-refractivity contribution >= 4 is 5.97 Å². The van der Waals surface area contributed by atoms with E-state index >= 15 is 0 Å². The van der Waals surface area contributed by atoms with Gasteiger partial charge in [-0.2, -0.15) is 0 Å². The van der Waals surface area contributed by atoms with Crippen molar-refractivity contribution in [3.05, 3.63) is 0 Å². The second kappa shape index (κ2) is 2.71. The molecular weight excluding hydrogens is 160 g/mol. The maximum Gasteiger partial charge on any atom is 0.338 e. The van der Waals surface area contributed by atoms with Gasteiger partial charge < -0.3 is 14.2 Å². The lowest BCUT2D eigenvalue weighted by Crippen LogP contribution is -2.22. The Morgan fingerprint density at radius 1 is 1.75 bits per heavy atom. The number of epoxide rings is 1. The summed E-state index contributed by atoms with van der Waals surface area (Å²) < 4.78 is 15.3. The molecule has 68 valence electrons. The zero-order chi connectivity index (χ0) is 8.60. The number of hydrogen-bond acceptors (Lipinski definition) is 4. The molecule has 2 unspecified atom stereocenters. The topological polar surface area (TPSA) is 48.1 Å². The van der Waals surface area contributed by atoms with Crippen molar-refractivity contribution in [2.45, 2.75) is 25.0 Å². The highest BCUT2D eigenvalue weighted by Gasteiger charge is 2.63. The van der Waals surface area contributed by atoms with Crippen LogP contribution in [0.5, 0.6) is 0 Å². The molecule has 4 heteroatoms. The van der Waals surface area contributed by atoms with Gasteiger partial charge in [0.05, 0.1) is 13.2 Å². The molecule has 2 aliphatic heterocycles. The molecule has 0 saturated carbocycles. The van der Waals surface area contributed by atoms with E-state index in [0.29, 0.717) is 19.8 Å². The van der Waals surface area contributed by atoms with Crippen molar-refractivity contribution in [3.63, 3.8) is 0 Å². The number of hydrogen-bond donors (Lipinski definition) is 0. The van der Waals surface area contributed by atoms with Gasteiger partial charge in [-0.3, -0.25) is 0 Å². The Balaban J connectivity index is 1.89. The maximum atomic E-state index is 11.2. The van der Waals surface area contributed by atoms with Crippen LogP contribution in [0.25, 0.3) is 0 Å². The van der Waals surface area contributed by atoms with Gasteiger partial charge in [0.15, 0.2) is 6.10 Å². The molecule has 2 fully saturated rings. The van der Waals surface area contributed by atoms with Gasteiger partial charge in [-0.25, -0.2) is 4.79 Å². The normalized spacial score (nSPS) is 38.6.